The molecule has 2 aromatic heterocycles. The van der Waals surface area contributed by atoms with E-state index in [4.69, 9.17) is 14.0 Å². The number of carbonyl (C=O) groups excluding carboxylic acids is 1. The molecule has 1 amide bonds. The molecule has 4 rings (SSSR count). The van der Waals surface area contributed by atoms with Gasteiger partial charge in [-0.1, -0.05) is 19.0 Å². The zero-order valence-corrected chi connectivity index (χ0v) is 17.9. The maximum Gasteiger partial charge on any atom is 0.253 e. The molecule has 1 atom stereocenters. The second-order valence-electron chi connectivity index (χ2n) is 7.82. The highest BCUT2D eigenvalue weighted by molar-refractivity contribution is 5.96. The van der Waals surface area contributed by atoms with E-state index >= 15 is 0 Å². The lowest BCUT2D eigenvalue weighted by Crippen LogP contribution is -2.32. The van der Waals surface area contributed by atoms with Gasteiger partial charge in [-0.25, -0.2) is 0 Å². The predicted molar refractivity (Wildman–Crippen MR) is 110 cm³/mol. The second kappa shape index (κ2) is 7.85. The molecule has 0 unspecified atom stereocenters. The van der Waals surface area contributed by atoms with Crippen LogP contribution in [0.25, 0.3) is 5.69 Å². The highest BCUT2D eigenvalue weighted by Crippen LogP contribution is 2.33. The van der Waals surface area contributed by atoms with Gasteiger partial charge in [-0.3, -0.25) is 4.79 Å². The molecule has 3 heterocycles. The molecular weight excluding hydrogens is 384 g/mol. The molecule has 1 aliphatic rings. The Morgan fingerprint density at radius 1 is 1.10 bits per heavy atom. The lowest BCUT2D eigenvalue weighted by atomic mass is 10.0. The summed E-state index contributed by atoms with van der Waals surface area (Å²) in [6.45, 7) is 10.7. The van der Waals surface area contributed by atoms with Gasteiger partial charge in [0.2, 0.25) is 5.89 Å². The molecule has 158 valence electrons. The number of aryl methyl sites for hydroxylation is 2. The average molecular weight is 410 g/mol. The summed E-state index contributed by atoms with van der Waals surface area (Å²) in [5, 5.41) is 6.90. The Kier molecular flexibility index (Phi) is 5.24. The first-order valence-electron chi connectivity index (χ1n) is 10.0. The molecule has 0 radical (unpaired) electrons. The van der Waals surface area contributed by atoms with Crippen molar-refractivity contribution in [3.05, 3.63) is 52.9 Å². The largest absolute Gasteiger partial charge is 0.486 e. The van der Waals surface area contributed by atoms with E-state index in [-0.39, 0.29) is 17.9 Å². The van der Waals surface area contributed by atoms with Gasteiger partial charge >= 0.3 is 0 Å². The normalized spacial score (nSPS) is 14.1. The molecule has 1 aromatic carbocycles. The third-order valence-corrected chi connectivity index (χ3v) is 5.22. The molecule has 0 aliphatic carbocycles. The minimum atomic E-state index is -0.365. The molecule has 30 heavy (non-hydrogen) atoms. The van der Waals surface area contributed by atoms with E-state index in [0.717, 1.165) is 22.8 Å². The zero-order valence-electron chi connectivity index (χ0n) is 17.9. The first kappa shape index (κ1) is 20.0. The molecule has 0 bridgehead atoms. The van der Waals surface area contributed by atoms with Crippen molar-refractivity contribution >= 4 is 5.91 Å². The van der Waals surface area contributed by atoms with Gasteiger partial charge < -0.3 is 23.9 Å². The molecule has 1 aliphatic heterocycles. The van der Waals surface area contributed by atoms with Crippen molar-refractivity contribution in [2.24, 2.45) is 5.92 Å². The van der Waals surface area contributed by atoms with E-state index in [2.05, 4.69) is 15.5 Å². The van der Waals surface area contributed by atoms with Gasteiger partial charge in [-0.15, -0.1) is 0 Å². The summed E-state index contributed by atoms with van der Waals surface area (Å²) < 4.78 is 18.7. The Hall–Kier alpha value is -3.29. The average Bonchev–Trinajstić information content (AvgIpc) is 3.28. The molecule has 1 N–H and O–H groups in total. The van der Waals surface area contributed by atoms with E-state index in [0.29, 0.717) is 36.2 Å². The maximum absolute atomic E-state index is 13.1. The maximum atomic E-state index is 13.1. The lowest BCUT2D eigenvalue weighted by Gasteiger charge is -2.20. The van der Waals surface area contributed by atoms with E-state index in [9.17, 15) is 4.79 Å². The summed E-state index contributed by atoms with van der Waals surface area (Å²) in [4.78, 5) is 17.4. The highest BCUT2D eigenvalue weighted by Gasteiger charge is 2.26. The van der Waals surface area contributed by atoms with Crippen LogP contribution >= 0.6 is 0 Å². The Balaban J connectivity index is 1.63. The molecular formula is C22H26N4O4. The summed E-state index contributed by atoms with van der Waals surface area (Å²) in [5.41, 5.74) is 3.31. The van der Waals surface area contributed by atoms with Crippen LogP contribution in [0.5, 0.6) is 11.5 Å². The molecule has 8 nitrogen and oxygen atoms in total. The smallest absolute Gasteiger partial charge is 0.253 e. The Labute approximate surface area is 175 Å². The number of carbonyl (C=O) groups is 1. The van der Waals surface area contributed by atoms with Crippen LogP contribution in [-0.2, 0) is 0 Å². The molecule has 0 saturated heterocycles. The Bertz CT molecular complexity index is 1080. The predicted octanol–water partition coefficient (Wildman–Crippen LogP) is 3.68. The number of rotatable bonds is 5. The fourth-order valence-corrected chi connectivity index (χ4v) is 3.73. The van der Waals surface area contributed by atoms with Crippen LogP contribution in [0, 0.1) is 26.7 Å². The fourth-order valence-electron chi connectivity index (χ4n) is 3.73. The van der Waals surface area contributed by atoms with Crippen molar-refractivity contribution in [3.8, 4) is 17.2 Å². The summed E-state index contributed by atoms with van der Waals surface area (Å²) >= 11 is 0. The van der Waals surface area contributed by atoms with Crippen molar-refractivity contribution in [1.29, 1.82) is 0 Å². The van der Waals surface area contributed by atoms with Gasteiger partial charge in [-0.2, -0.15) is 4.98 Å². The van der Waals surface area contributed by atoms with Gasteiger partial charge in [0.15, 0.2) is 17.3 Å². The summed E-state index contributed by atoms with van der Waals surface area (Å²) in [6.07, 6.45) is 0. The topological polar surface area (TPSA) is 91.4 Å². The molecule has 3 aromatic rings. The standard InChI is InChI=1S/C22H26N4O4/c1-12(2)20(22-23-15(5)25-30-22)24-21(27)17-10-13(3)26(14(17)4)16-6-7-18-19(11-16)29-9-8-28-18/h6-7,10-12,20H,8-9H2,1-5H3,(H,24,27)/t20-/m0/s1. The fraction of sp³-hybridized carbons (Fsp3) is 0.409. The minimum absolute atomic E-state index is 0.0927. The summed E-state index contributed by atoms with van der Waals surface area (Å²) in [6, 6.07) is 7.32. The van der Waals surface area contributed by atoms with Crippen molar-refractivity contribution in [2.75, 3.05) is 13.2 Å². The monoisotopic (exact) mass is 410 g/mol. The zero-order chi connectivity index (χ0) is 21.4. The second-order valence-corrected chi connectivity index (χ2v) is 7.82. The van der Waals surface area contributed by atoms with Crippen molar-refractivity contribution in [3.63, 3.8) is 0 Å². The number of aromatic nitrogens is 3. The van der Waals surface area contributed by atoms with Crippen LogP contribution in [0.3, 0.4) is 0 Å². The number of ether oxygens (including phenoxy) is 2. The third-order valence-electron chi connectivity index (χ3n) is 5.22. The first-order chi connectivity index (χ1) is 14.3. The lowest BCUT2D eigenvalue weighted by molar-refractivity contribution is 0.0913. The summed E-state index contributed by atoms with van der Waals surface area (Å²) in [7, 11) is 0. The molecule has 8 heteroatoms. The van der Waals surface area contributed by atoms with Gasteiger partial charge in [0.1, 0.15) is 19.3 Å². The Morgan fingerprint density at radius 2 is 1.83 bits per heavy atom. The van der Waals surface area contributed by atoms with E-state index in [1.165, 1.54) is 0 Å². The number of nitrogens with zero attached hydrogens (tertiary/aromatic N) is 3. The number of fused-ring (bicyclic) bond motifs is 1. The van der Waals surface area contributed by atoms with Gasteiger partial charge in [-0.05, 0) is 44.9 Å². The van der Waals surface area contributed by atoms with Gasteiger partial charge in [0, 0.05) is 23.1 Å². The molecule has 0 saturated carbocycles. The number of amides is 1. The van der Waals surface area contributed by atoms with Crippen LogP contribution in [0.15, 0.2) is 28.8 Å². The van der Waals surface area contributed by atoms with Crippen LogP contribution in [-0.4, -0.2) is 33.8 Å². The minimum Gasteiger partial charge on any atom is -0.486 e. The summed E-state index contributed by atoms with van der Waals surface area (Å²) in [5.74, 6) is 2.32. The van der Waals surface area contributed by atoms with Crippen molar-refractivity contribution in [2.45, 2.75) is 40.7 Å². The quantitative estimate of drug-likeness (QED) is 0.690. The van der Waals surface area contributed by atoms with Gasteiger partial charge in [0.25, 0.3) is 5.91 Å². The number of nitrogens with one attached hydrogen (secondary N) is 1. The highest BCUT2D eigenvalue weighted by atomic mass is 16.6. The van der Waals surface area contributed by atoms with Crippen LogP contribution in [0.2, 0.25) is 0 Å². The molecule has 0 spiro atoms. The van der Waals surface area contributed by atoms with Gasteiger partial charge in [0.05, 0.1) is 5.56 Å². The van der Waals surface area contributed by atoms with Crippen molar-refractivity contribution in [1.82, 2.24) is 20.0 Å². The number of benzene rings is 1. The SMILES string of the molecule is Cc1noc([C@@H](NC(=O)c2cc(C)n(-c3ccc4c(c3)OCCO4)c2C)C(C)C)n1. The van der Waals surface area contributed by atoms with Crippen LogP contribution < -0.4 is 14.8 Å². The third kappa shape index (κ3) is 3.65. The Morgan fingerprint density at radius 3 is 2.50 bits per heavy atom. The number of hydrogen-bond acceptors (Lipinski definition) is 6. The number of hydrogen-bond donors (Lipinski definition) is 1. The first-order valence-corrected chi connectivity index (χ1v) is 10.0. The van der Waals surface area contributed by atoms with E-state index in [1.54, 1.807) is 6.92 Å². The van der Waals surface area contributed by atoms with E-state index in [1.807, 2.05) is 56.5 Å². The van der Waals surface area contributed by atoms with Crippen molar-refractivity contribution < 1.29 is 18.8 Å². The van der Waals surface area contributed by atoms with Crippen LogP contribution in [0.4, 0.5) is 0 Å². The van der Waals surface area contributed by atoms with Crippen LogP contribution in [0.1, 0.15) is 53.4 Å². The van der Waals surface area contributed by atoms with E-state index < -0.39 is 0 Å². The molecule has 0 fully saturated rings.